The lowest BCUT2D eigenvalue weighted by atomic mass is 9.68. The zero-order valence-electron chi connectivity index (χ0n) is 17.7. The molecule has 3 aliphatic heterocycles. The molecule has 0 N–H and O–H groups in total. The number of nitrogens with zero attached hydrogens (tertiary/aromatic N) is 3. The molecule has 2 fully saturated rings. The van der Waals surface area contributed by atoms with Gasteiger partial charge in [0.05, 0.1) is 6.61 Å². The smallest absolute Gasteiger partial charge is 0.409 e. The van der Waals surface area contributed by atoms with Gasteiger partial charge in [0, 0.05) is 44.6 Å². The third-order valence-corrected chi connectivity index (χ3v) is 7.15. The molecule has 1 aromatic carbocycles. The highest BCUT2D eigenvalue weighted by Gasteiger charge is 2.43. The average Bonchev–Trinajstić information content (AvgIpc) is 2.74. The Hall–Kier alpha value is -2.08. The zero-order chi connectivity index (χ0) is 20.4. The minimum absolute atomic E-state index is 0.0860. The summed E-state index contributed by atoms with van der Waals surface area (Å²) in [6, 6.07) is 9.23. The number of likely N-dealkylation sites (tertiary alicyclic amines) is 2. The molecule has 3 aliphatic rings. The van der Waals surface area contributed by atoms with Gasteiger partial charge in [0.1, 0.15) is 0 Å². The van der Waals surface area contributed by atoms with E-state index in [1.807, 2.05) is 16.7 Å². The number of ether oxygens (including phenoxy) is 1. The summed E-state index contributed by atoms with van der Waals surface area (Å²) in [5.41, 5.74) is 2.85. The summed E-state index contributed by atoms with van der Waals surface area (Å²) in [4.78, 5) is 30.6. The van der Waals surface area contributed by atoms with Crippen LogP contribution in [0.3, 0.4) is 0 Å². The molecule has 0 atom stereocenters. The lowest BCUT2D eigenvalue weighted by Crippen LogP contribution is -2.55. The number of hydrogen-bond acceptors (Lipinski definition) is 4. The maximum atomic E-state index is 12.2. The number of rotatable bonds is 2. The van der Waals surface area contributed by atoms with Crippen LogP contribution in [0.25, 0.3) is 0 Å². The summed E-state index contributed by atoms with van der Waals surface area (Å²) in [5.74, 6) is 0.174. The quantitative estimate of drug-likeness (QED) is 0.767. The van der Waals surface area contributed by atoms with Crippen LogP contribution in [0, 0.1) is 0 Å². The number of carbonyl (C=O) groups is 2. The molecule has 0 aromatic heterocycles. The molecule has 6 heteroatoms. The van der Waals surface area contributed by atoms with Gasteiger partial charge >= 0.3 is 6.09 Å². The van der Waals surface area contributed by atoms with Crippen LogP contribution in [0.5, 0.6) is 0 Å². The second-order valence-electron chi connectivity index (χ2n) is 8.77. The third-order valence-electron chi connectivity index (χ3n) is 7.15. The van der Waals surface area contributed by atoms with Gasteiger partial charge in [-0.15, -0.1) is 0 Å². The van der Waals surface area contributed by atoms with Crippen LogP contribution in [-0.4, -0.2) is 72.1 Å². The van der Waals surface area contributed by atoms with E-state index in [1.165, 1.54) is 11.1 Å². The van der Waals surface area contributed by atoms with Crippen LogP contribution >= 0.6 is 0 Å². The molecule has 2 amide bonds. The van der Waals surface area contributed by atoms with Gasteiger partial charge < -0.3 is 19.4 Å². The Morgan fingerprint density at radius 1 is 1.07 bits per heavy atom. The van der Waals surface area contributed by atoms with Crippen LogP contribution in [0.4, 0.5) is 4.79 Å². The first-order chi connectivity index (χ1) is 14.0. The number of carbonyl (C=O) groups excluding carboxylic acids is 2. The standard InChI is InChI=1S/C23H33N3O3/c1-3-29-22(28)25-12-8-20(9-13-25)24-14-10-23(11-15-24)17-26(18(2)27)16-19-6-4-5-7-21(19)23/h4-7,20H,3,8-17H2,1-2H3. The van der Waals surface area contributed by atoms with Gasteiger partial charge in [-0.2, -0.15) is 0 Å². The van der Waals surface area contributed by atoms with Gasteiger partial charge in [-0.05, 0) is 56.8 Å². The SMILES string of the molecule is CCOC(=O)N1CCC(N2CCC3(CC2)CN(C(C)=O)Cc2ccccc23)CC1. The van der Waals surface area contributed by atoms with E-state index in [0.717, 1.165) is 65.0 Å². The molecular formula is C23H33N3O3. The van der Waals surface area contributed by atoms with Crippen molar-refractivity contribution in [2.24, 2.45) is 0 Å². The Balaban J connectivity index is 1.40. The second-order valence-corrected chi connectivity index (χ2v) is 8.77. The van der Waals surface area contributed by atoms with E-state index in [1.54, 1.807) is 6.92 Å². The fourth-order valence-corrected chi connectivity index (χ4v) is 5.48. The minimum Gasteiger partial charge on any atom is -0.450 e. The Morgan fingerprint density at radius 3 is 2.41 bits per heavy atom. The van der Waals surface area contributed by atoms with Gasteiger partial charge in [0.2, 0.25) is 5.91 Å². The highest BCUT2D eigenvalue weighted by atomic mass is 16.6. The maximum absolute atomic E-state index is 12.2. The summed E-state index contributed by atoms with van der Waals surface area (Å²) in [5, 5.41) is 0. The predicted molar refractivity (Wildman–Crippen MR) is 112 cm³/mol. The highest BCUT2D eigenvalue weighted by Crippen LogP contribution is 2.42. The lowest BCUT2D eigenvalue weighted by molar-refractivity contribution is -0.131. The highest BCUT2D eigenvalue weighted by molar-refractivity contribution is 5.74. The van der Waals surface area contributed by atoms with Crippen molar-refractivity contribution < 1.29 is 14.3 Å². The van der Waals surface area contributed by atoms with E-state index in [2.05, 4.69) is 29.2 Å². The molecule has 0 radical (unpaired) electrons. The molecule has 0 aliphatic carbocycles. The summed E-state index contributed by atoms with van der Waals surface area (Å²) in [7, 11) is 0. The van der Waals surface area contributed by atoms with Crippen molar-refractivity contribution >= 4 is 12.0 Å². The van der Waals surface area contributed by atoms with Crippen molar-refractivity contribution in [2.75, 3.05) is 39.3 Å². The largest absolute Gasteiger partial charge is 0.450 e. The second kappa shape index (κ2) is 8.34. The van der Waals surface area contributed by atoms with Crippen molar-refractivity contribution in [1.82, 2.24) is 14.7 Å². The first kappa shape index (κ1) is 20.2. The van der Waals surface area contributed by atoms with E-state index in [-0.39, 0.29) is 17.4 Å². The molecule has 3 heterocycles. The van der Waals surface area contributed by atoms with Gasteiger partial charge in [-0.1, -0.05) is 24.3 Å². The molecule has 29 heavy (non-hydrogen) atoms. The van der Waals surface area contributed by atoms with Crippen molar-refractivity contribution in [2.45, 2.75) is 57.5 Å². The number of piperidine rings is 2. The topological polar surface area (TPSA) is 53.1 Å². The number of hydrogen-bond donors (Lipinski definition) is 0. The molecule has 4 rings (SSSR count). The Labute approximate surface area is 173 Å². The fourth-order valence-electron chi connectivity index (χ4n) is 5.48. The van der Waals surface area contributed by atoms with E-state index in [9.17, 15) is 9.59 Å². The zero-order valence-corrected chi connectivity index (χ0v) is 17.7. The first-order valence-corrected chi connectivity index (χ1v) is 11.0. The van der Waals surface area contributed by atoms with Crippen LogP contribution in [0.1, 0.15) is 50.7 Å². The molecule has 0 saturated carbocycles. The van der Waals surface area contributed by atoms with Crippen molar-refractivity contribution in [1.29, 1.82) is 0 Å². The maximum Gasteiger partial charge on any atom is 0.409 e. The summed E-state index contributed by atoms with van der Waals surface area (Å²) in [6.45, 7) is 9.24. The minimum atomic E-state index is -0.174. The summed E-state index contributed by atoms with van der Waals surface area (Å²) < 4.78 is 5.14. The van der Waals surface area contributed by atoms with Crippen molar-refractivity contribution in [3.05, 3.63) is 35.4 Å². The molecule has 6 nitrogen and oxygen atoms in total. The molecular weight excluding hydrogens is 366 g/mol. The molecule has 0 unspecified atom stereocenters. The van der Waals surface area contributed by atoms with Crippen LogP contribution in [0.2, 0.25) is 0 Å². The number of benzene rings is 1. The average molecular weight is 400 g/mol. The van der Waals surface area contributed by atoms with E-state index in [4.69, 9.17) is 4.74 Å². The van der Waals surface area contributed by atoms with E-state index in [0.29, 0.717) is 12.6 Å². The molecule has 2 saturated heterocycles. The van der Waals surface area contributed by atoms with Crippen molar-refractivity contribution in [3.8, 4) is 0 Å². The molecule has 158 valence electrons. The fraction of sp³-hybridized carbons (Fsp3) is 0.652. The van der Waals surface area contributed by atoms with Gasteiger partial charge in [0.25, 0.3) is 0 Å². The van der Waals surface area contributed by atoms with Crippen LogP contribution < -0.4 is 0 Å². The number of fused-ring (bicyclic) bond motifs is 2. The van der Waals surface area contributed by atoms with Crippen LogP contribution in [-0.2, 0) is 21.5 Å². The van der Waals surface area contributed by atoms with Gasteiger partial charge in [0.15, 0.2) is 0 Å². The molecule has 1 spiro atoms. The van der Waals surface area contributed by atoms with E-state index >= 15 is 0 Å². The van der Waals surface area contributed by atoms with E-state index < -0.39 is 0 Å². The van der Waals surface area contributed by atoms with Gasteiger partial charge in [-0.25, -0.2) is 4.79 Å². The predicted octanol–water partition coefficient (Wildman–Crippen LogP) is 3.00. The Morgan fingerprint density at radius 2 is 1.76 bits per heavy atom. The molecule has 1 aromatic rings. The number of amides is 2. The van der Waals surface area contributed by atoms with Crippen LogP contribution in [0.15, 0.2) is 24.3 Å². The third kappa shape index (κ3) is 4.00. The van der Waals surface area contributed by atoms with Crippen molar-refractivity contribution in [3.63, 3.8) is 0 Å². The van der Waals surface area contributed by atoms with Gasteiger partial charge in [-0.3, -0.25) is 4.79 Å². The first-order valence-electron chi connectivity index (χ1n) is 11.0. The Bertz CT molecular complexity index is 749. The summed E-state index contributed by atoms with van der Waals surface area (Å²) in [6.07, 6.45) is 4.04. The summed E-state index contributed by atoms with van der Waals surface area (Å²) >= 11 is 0. The lowest BCUT2D eigenvalue weighted by Gasteiger charge is -2.50. The normalized spacial score (nSPS) is 22.4. The Kier molecular flexibility index (Phi) is 5.81. The molecule has 0 bridgehead atoms. The monoisotopic (exact) mass is 399 g/mol.